The third kappa shape index (κ3) is 5.10. The average molecular weight is 326 g/mol. The van der Waals surface area contributed by atoms with Crippen molar-refractivity contribution in [1.82, 2.24) is 4.72 Å². The number of benzene rings is 1. The topological polar surface area (TPSA) is 80.3 Å². The molecule has 1 atom stereocenters. The largest absolute Gasteiger partial charge is 0.224 e. The first-order chi connectivity index (χ1) is 8.65. The van der Waals surface area contributed by atoms with Crippen LogP contribution < -0.4 is 4.72 Å². The quantitative estimate of drug-likeness (QED) is 0.800. The predicted molar refractivity (Wildman–Crippen MR) is 75.6 cm³/mol. The normalized spacial score (nSPS) is 14.3. The van der Waals surface area contributed by atoms with E-state index in [-0.39, 0.29) is 16.5 Å². The highest BCUT2D eigenvalue weighted by atomic mass is 35.5. The molecule has 0 fully saturated rings. The van der Waals surface area contributed by atoms with E-state index < -0.39 is 25.9 Å². The van der Waals surface area contributed by atoms with E-state index in [9.17, 15) is 16.8 Å². The van der Waals surface area contributed by atoms with E-state index in [1.54, 1.807) is 19.1 Å². The van der Waals surface area contributed by atoms with Crippen LogP contribution in [0.2, 0.25) is 0 Å². The highest BCUT2D eigenvalue weighted by Crippen LogP contribution is 2.17. The zero-order valence-electron chi connectivity index (χ0n) is 10.6. The molecule has 0 spiro atoms. The van der Waals surface area contributed by atoms with Crippen molar-refractivity contribution in [3.63, 3.8) is 0 Å². The minimum absolute atomic E-state index is 0.0229. The molecule has 108 valence electrons. The Kier molecular flexibility index (Phi) is 5.37. The van der Waals surface area contributed by atoms with Crippen molar-refractivity contribution in [3.05, 3.63) is 29.8 Å². The van der Waals surface area contributed by atoms with Crippen LogP contribution in [0.25, 0.3) is 0 Å². The Morgan fingerprint density at radius 2 is 1.68 bits per heavy atom. The predicted octanol–water partition coefficient (Wildman–Crippen LogP) is 1.31. The van der Waals surface area contributed by atoms with E-state index >= 15 is 0 Å². The SMILES string of the molecule is CC(NS(=O)(=O)CCCl)c1ccc(S(C)(=O)=O)cc1. The first-order valence-corrected chi connectivity index (χ1v) is 9.59. The molecule has 0 saturated carbocycles. The molecule has 0 aliphatic carbocycles. The van der Waals surface area contributed by atoms with Gasteiger partial charge in [-0.05, 0) is 24.6 Å². The highest BCUT2D eigenvalue weighted by Gasteiger charge is 2.15. The molecule has 1 rings (SSSR count). The van der Waals surface area contributed by atoms with Crippen molar-refractivity contribution >= 4 is 31.5 Å². The Bertz CT molecular complexity index is 623. The summed E-state index contributed by atoms with van der Waals surface area (Å²) in [5.41, 5.74) is 0.686. The smallest absolute Gasteiger partial charge is 0.213 e. The highest BCUT2D eigenvalue weighted by molar-refractivity contribution is 7.90. The fourth-order valence-electron chi connectivity index (χ4n) is 1.50. The molecule has 0 heterocycles. The number of sulfonamides is 1. The van der Waals surface area contributed by atoms with E-state index in [4.69, 9.17) is 11.6 Å². The number of nitrogens with one attached hydrogen (secondary N) is 1. The standard InChI is InChI=1S/C11H16ClNO4S2/c1-9(13-19(16,17)8-7-12)10-3-5-11(6-4-10)18(2,14)15/h3-6,9,13H,7-8H2,1-2H3. The lowest BCUT2D eigenvalue weighted by Crippen LogP contribution is -2.29. The second-order valence-electron chi connectivity index (χ2n) is 4.19. The number of hydrogen-bond acceptors (Lipinski definition) is 4. The van der Waals surface area contributed by atoms with Crippen LogP contribution in [-0.2, 0) is 19.9 Å². The molecule has 0 saturated heterocycles. The Balaban J connectivity index is 2.88. The monoisotopic (exact) mass is 325 g/mol. The molecule has 1 aromatic rings. The van der Waals surface area contributed by atoms with Crippen LogP contribution in [-0.4, -0.2) is 34.7 Å². The molecule has 0 amide bonds. The van der Waals surface area contributed by atoms with Crippen molar-refractivity contribution < 1.29 is 16.8 Å². The first-order valence-electron chi connectivity index (χ1n) is 5.52. The van der Waals surface area contributed by atoms with Gasteiger partial charge in [-0.15, -0.1) is 11.6 Å². The van der Waals surface area contributed by atoms with Gasteiger partial charge in [0, 0.05) is 18.2 Å². The summed E-state index contributed by atoms with van der Waals surface area (Å²) in [5, 5.41) is 0. The maximum atomic E-state index is 11.5. The van der Waals surface area contributed by atoms with E-state index in [1.807, 2.05) is 0 Å². The van der Waals surface area contributed by atoms with Crippen LogP contribution in [0.5, 0.6) is 0 Å². The van der Waals surface area contributed by atoms with Crippen molar-refractivity contribution in [2.24, 2.45) is 0 Å². The van der Waals surface area contributed by atoms with Gasteiger partial charge in [0.15, 0.2) is 9.84 Å². The van der Waals surface area contributed by atoms with Crippen LogP contribution in [0.15, 0.2) is 29.2 Å². The van der Waals surface area contributed by atoms with E-state index in [0.29, 0.717) is 5.56 Å². The summed E-state index contributed by atoms with van der Waals surface area (Å²) in [6.45, 7) is 1.68. The minimum atomic E-state index is -3.42. The van der Waals surface area contributed by atoms with E-state index in [0.717, 1.165) is 6.26 Å². The summed E-state index contributed by atoms with van der Waals surface area (Å²) < 4.78 is 48.2. The average Bonchev–Trinajstić information content (AvgIpc) is 2.27. The fraction of sp³-hybridized carbons (Fsp3) is 0.455. The van der Waals surface area contributed by atoms with Gasteiger partial charge in [0.25, 0.3) is 0 Å². The third-order valence-electron chi connectivity index (χ3n) is 2.51. The Labute approximate surface area is 118 Å². The Morgan fingerprint density at radius 1 is 1.16 bits per heavy atom. The molecule has 5 nitrogen and oxygen atoms in total. The van der Waals surface area contributed by atoms with Gasteiger partial charge in [0.05, 0.1) is 10.6 Å². The van der Waals surface area contributed by atoms with Gasteiger partial charge >= 0.3 is 0 Å². The molecule has 1 aromatic carbocycles. The number of hydrogen-bond donors (Lipinski definition) is 1. The van der Waals surface area contributed by atoms with E-state index in [1.165, 1.54) is 12.1 Å². The Morgan fingerprint density at radius 3 is 2.11 bits per heavy atom. The van der Waals surface area contributed by atoms with Gasteiger partial charge in [0.2, 0.25) is 10.0 Å². The maximum absolute atomic E-state index is 11.5. The molecule has 0 radical (unpaired) electrons. The van der Waals surface area contributed by atoms with Gasteiger partial charge in [-0.3, -0.25) is 0 Å². The molecular weight excluding hydrogens is 310 g/mol. The van der Waals surface area contributed by atoms with Gasteiger partial charge in [0.1, 0.15) is 0 Å². The van der Waals surface area contributed by atoms with Crippen LogP contribution in [0.1, 0.15) is 18.5 Å². The molecule has 1 unspecified atom stereocenters. The lowest BCUT2D eigenvalue weighted by molar-refractivity contribution is 0.568. The van der Waals surface area contributed by atoms with Crippen molar-refractivity contribution in [2.45, 2.75) is 17.9 Å². The lowest BCUT2D eigenvalue weighted by atomic mass is 10.1. The molecule has 0 aromatic heterocycles. The summed E-state index contributed by atoms with van der Waals surface area (Å²) in [5.74, 6) is -0.130. The zero-order valence-corrected chi connectivity index (χ0v) is 13.0. The van der Waals surface area contributed by atoms with Gasteiger partial charge in [-0.25, -0.2) is 21.6 Å². The molecule has 0 aliphatic heterocycles. The summed E-state index contributed by atoms with van der Waals surface area (Å²) >= 11 is 5.40. The Hall–Kier alpha value is -0.630. The van der Waals surface area contributed by atoms with E-state index in [2.05, 4.69) is 4.72 Å². The van der Waals surface area contributed by atoms with Crippen molar-refractivity contribution in [3.8, 4) is 0 Å². The van der Waals surface area contributed by atoms with Gasteiger partial charge < -0.3 is 0 Å². The molecule has 0 aliphatic rings. The lowest BCUT2D eigenvalue weighted by Gasteiger charge is -2.14. The summed E-state index contributed by atoms with van der Waals surface area (Å²) in [4.78, 5) is 0.201. The summed E-state index contributed by atoms with van der Waals surface area (Å²) in [6.07, 6.45) is 1.12. The van der Waals surface area contributed by atoms with Crippen LogP contribution in [0.3, 0.4) is 0 Å². The van der Waals surface area contributed by atoms with Gasteiger partial charge in [-0.1, -0.05) is 12.1 Å². The second kappa shape index (κ2) is 6.21. The molecule has 0 bridgehead atoms. The number of rotatable bonds is 6. The first kappa shape index (κ1) is 16.4. The summed E-state index contributed by atoms with van der Waals surface area (Å²) in [6, 6.07) is 5.64. The zero-order chi connectivity index (χ0) is 14.7. The summed E-state index contributed by atoms with van der Waals surface area (Å²) in [7, 11) is -6.66. The minimum Gasteiger partial charge on any atom is -0.224 e. The molecule has 19 heavy (non-hydrogen) atoms. The second-order valence-corrected chi connectivity index (χ2v) is 8.46. The molecule has 1 N–H and O–H groups in total. The molecule has 8 heteroatoms. The number of halogens is 1. The van der Waals surface area contributed by atoms with Crippen LogP contribution in [0.4, 0.5) is 0 Å². The van der Waals surface area contributed by atoms with Gasteiger partial charge in [-0.2, -0.15) is 0 Å². The van der Waals surface area contributed by atoms with Crippen LogP contribution >= 0.6 is 11.6 Å². The number of alkyl halides is 1. The van der Waals surface area contributed by atoms with Crippen molar-refractivity contribution in [1.29, 1.82) is 0 Å². The maximum Gasteiger partial charge on any atom is 0.213 e. The fourth-order valence-corrected chi connectivity index (χ4v) is 3.74. The van der Waals surface area contributed by atoms with Crippen LogP contribution in [0, 0.1) is 0 Å². The third-order valence-corrected chi connectivity index (χ3v) is 5.51. The number of sulfone groups is 1. The molecular formula is C11H16ClNO4S2. The van der Waals surface area contributed by atoms with Crippen molar-refractivity contribution in [2.75, 3.05) is 17.9 Å².